The van der Waals surface area contributed by atoms with Crippen LogP contribution < -0.4 is 0 Å². The fourth-order valence-electron chi connectivity index (χ4n) is 11.0. The zero-order chi connectivity index (χ0) is 42.1. The Bertz CT molecular complexity index is 1710. The Labute approximate surface area is 329 Å². The summed E-state index contributed by atoms with van der Waals surface area (Å²) in [5, 5.41) is 36.1. The number of esters is 6. The Morgan fingerprint density at radius 2 is 1.07 bits per heavy atom. The van der Waals surface area contributed by atoms with E-state index in [9.17, 15) is 44.1 Å². The van der Waals surface area contributed by atoms with Gasteiger partial charge in [0, 0.05) is 48.0 Å². The van der Waals surface area contributed by atoms with Gasteiger partial charge in [-0.2, -0.15) is 0 Å². The predicted octanol–water partition coefficient (Wildman–Crippen LogP) is -2.66. The van der Waals surface area contributed by atoms with Gasteiger partial charge in [0.05, 0.1) is 24.2 Å². The monoisotopic (exact) mass is 830 g/mol. The Kier molecular flexibility index (Phi) is 9.56. The molecular weight excluding hydrogens is 784 g/mol. The number of carbonyl (C=O) groups excluding carboxylic acids is 6. The van der Waals surface area contributed by atoms with Gasteiger partial charge in [0.25, 0.3) is 5.79 Å². The van der Waals surface area contributed by atoms with E-state index in [-0.39, 0.29) is 13.0 Å². The normalized spacial score (nSPS) is 49.8. The van der Waals surface area contributed by atoms with Crippen LogP contribution in [0.1, 0.15) is 61.3 Å². The molecule has 0 aromatic carbocycles. The number of aliphatic hydroxyl groups is 3. The molecular formula is C36H46O22. The van der Waals surface area contributed by atoms with E-state index in [1.165, 1.54) is 0 Å². The van der Waals surface area contributed by atoms with Crippen LogP contribution in [0.5, 0.6) is 0 Å². The Morgan fingerprint density at radius 3 is 1.53 bits per heavy atom. The summed E-state index contributed by atoms with van der Waals surface area (Å²) < 4.78 is 77.3. The second kappa shape index (κ2) is 13.5. The number of rotatable bonds is 12. The fourth-order valence-corrected chi connectivity index (χ4v) is 11.0. The maximum atomic E-state index is 12.6. The van der Waals surface area contributed by atoms with E-state index in [4.69, 9.17) is 61.6 Å². The van der Waals surface area contributed by atoms with Crippen molar-refractivity contribution in [3.63, 3.8) is 0 Å². The van der Waals surface area contributed by atoms with E-state index in [0.29, 0.717) is 0 Å². The number of carbonyl (C=O) groups is 6. The molecule has 3 spiro atoms. The quantitative estimate of drug-likeness (QED) is 0.134. The van der Waals surface area contributed by atoms with Gasteiger partial charge in [-0.3, -0.25) is 28.8 Å². The molecule has 58 heavy (non-hydrogen) atoms. The van der Waals surface area contributed by atoms with Crippen LogP contribution in [-0.4, -0.2) is 173 Å². The van der Waals surface area contributed by atoms with Crippen molar-refractivity contribution < 1.29 is 106 Å². The summed E-state index contributed by atoms with van der Waals surface area (Å²) in [6.45, 7) is 7.03. The van der Waals surface area contributed by atoms with Gasteiger partial charge < -0.3 is 76.9 Å². The first kappa shape index (κ1) is 41.2. The van der Waals surface area contributed by atoms with Crippen LogP contribution in [0.3, 0.4) is 0 Å². The summed E-state index contributed by atoms with van der Waals surface area (Å²) in [4.78, 5) is 72.5. The van der Waals surface area contributed by atoms with Crippen LogP contribution in [0.15, 0.2) is 0 Å². The highest BCUT2D eigenvalue weighted by Crippen LogP contribution is 3.06. The van der Waals surface area contributed by atoms with E-state index < -0.39 is 163 Å². The van der Waals surface area contributed by atoms with E-state index in [1.54, 1.807) is 6.92 Å². The minimum atomic E-state index is -2.00. The molecule has 3 N–H and O–H groups in total. The van der Waals surface area contributed by atoms with Crippen molar-refractivity contribution in [3.8, 4) is 0 Å². The lowest BCUT2D eigenvalue weighted by molar-refractivity contribution is -0.454. The van der Waals surface area contributed by atoms with Gasteiger partial charge in [-0.15, -0.1) is 0 Å². The van der Waals surface area contributed by atoms with Crippen molar-refractivity contribution in [3.05, 3.63) is 0 Å². The molecule has 7 heterocycles. The number of ether oxygens (including phenoxy) is 13. The van der Waals surface area contributed by atoms with E-state index in [0.717, 1.165) is 41.5 Å². The van der Waals surface area contributed by atoms with Gasteiger partial charge in [-0.05, 0) is 13.3 Å². The summed E-state index contributed by atoms with van der Waals surface area (Å²) in [7, 11) is 0. The maximum Gasteiger partial charge on any atom is 0.303 e. The molecule has 18 atom stereocenters. The topological polar surface area (TPSA) is 283 Å². The van der Waals surface area contributed by atoms with Gasteiger partial charge in [0.1, 0.15) is 49.3 Å². The Morgan fingerprint density at radius 1 is 0.603 bits per heavy atom. The molecule has 5 bridgehead atoms. The first-order valence-corrected chi connectivity index (χ1v) is 18.9. The van der Waals surface area contributed by atoms with Gasteiger partial charge in [0.15, 0.2) is 41.9 Å². The fraction of sp³-hybridized carbons (Fsp3) is 0.833. The standard InChI is InChI=1S/C36H46O22/c1-13(37)46-10-22-27(49-15(3)39)29(51-17(5)41)25(43)20(53-22)8-31-33(45)24-12-48-32(36(57-24)35(31,34(31,33)58-32)55-19(7)56-36)9-21-26(44)30(52-18(6)42)28(50-16(4)40)23(54-21)11-47-14(2)38/h19-30,43-45H,8-12H2,1-7H3/t19-,20+,21-,22-,23+,24-,25-,26+,27+,28+,29-,30+,31-,32-,33-,34-,35+,36+/m1/s1. The lowest BCUT2D eigenvalue weighted by atomic mass is 9.70. The Balaban J connectivity index is 1.13. The van der Waals surface area contributed by atoms with Gasteiger partial charge >= 0.3 is 35.8 Å². The zero-order valence-corrected chi connectivity index (χ0v) is 32.6. The average molecular weight is 831 g/mol. The predicted molar refractivity (Wildman–Crippen MR) is 176 cm³/mol. The molecule has 9 fully saturated rings. The lowest BCUT2D eigenvalue weighted by Crippen LogP contribution is -2.78. The highest BCUT2D eigenvalue weighted by molar-refractivity contribution is 5.73. The molecule has 9 aliphatic rings. The third-order valence-corrected chi connectivity index (χ3v) is 12.6. The van der Waals surface area contributed by atoms with Crippen molar-refractivity contribution in [2.24, 2.45) is 5.41 Å². The summed E-state index contributed by atoms with van der Waals surface area (Å²) in [5.41, 5.74) is -6.60. The van der Waals surface area contributed by atoms with Gasteiger partial charge in [-0.1, -0.05) is 0 Å². The molecule has 0 unspecified atom stereocenters. The van der Waals surface area contributed by atoms with Crippen molar-refractivity contribution in [1.29, 1.82) is 0 Å². The molecule has 322 valence electrons. The third kappa shape index (κ3) is 5.13. The van der Waals surface area contributed by atoms with Gasteiger partial charge in [-0.25, -0.2) is 0 Å². The smallest absolute Gasteiger partial charge is 0.303 e. The van der Waals surface area contributed by atoms with E-state index in [1.807, 2.05) is 0 Å². The molecule has 22 nitrogen and oxygen atoms in total. The zero-order valence-electron chi connectivity index (χ0n) is 32.6. The second-order valence-electron chi connectivity index (χ2n) is 15.9. The molecule has 7 saturated heterocycles. The minimum absolute atomic E-state index is 0.245. The van der Waals surface area contributed by atoms with Crippen LogP contribution in [0, 0.1) is 5.41 Å². The lowest BCUT2D eigenvalue weighted by Gasteiger charge is -2.57. The molecule has 9 rings (SSSR count). The van der Waals surface area contributed by atoms with Crippen LogP contribution in [0.2, 0.25) is 0 Å². The van der Waals surface area contributed by atoms with Crippen molar-refractivity contribution >= 4 is 35.8 Å². The molecule has 22 heteroatoms. The SMILES string of the molecule is CC(=O)OC[C@@H]1O[C@H](C[C@]23OC[C@H]4O[C@@]25O[C@H](C)O[C@]52[C@]5(C[C@@H]6O[C@H](COC(C)=O)[C@H](OC(C)=O)[C@H](OC(C)=O)[C@@H]6O)[C@@]4(O)[C@]52O3)[C@H](O)[C@H](OC(C)=O)[C@H]1OC(C)=O. The van der Waals surface area contributed by atoms with Crippen LogP contribution in [0.4, 0.5) is 0 Å². The Hall–Kier alpha value is -3.58. The van der Waals surface area contributed by atoms with Crippen LogP contribution in [0.25, 0.3) is 0 Å². The summed E-state index contributed by atoms with van der Waals surface area (Å²) in [6.07, 6.45) is -17.2. The molecule has 7 aliphatic heterocycles. The largest absolute Gasteiger partial charge is 0.463 e. The van der Waals surface area contributed by atoms with Crippen molar-refractivity contribution in [1.82, 2.24) is 0 Å². The summed E-state index contributed by atoms with van der Waals surface area (Å²) >= 11 is 0. The first-order valence-electron chi connectivity index (χ1n) is 18.9. The summed E-state index contributed by atoms with van der Waals surface area (Å²) in [6, 6.07) is 0. The van der Waals surface area contributed by atoms with Crippen LogP contribution in [-0.2, 0) is 90.3 Å². The first-order chi connectivity index (χ1) is 27.2. The molecule has 0 radical (unpaired) electrons. The van der Waals surface area contributed by atoms with E-state index >= 15 is 0 Å². The highest BCUT2D eigenvalue weighted by atomic mass is 16.9. The minimum Gasteiger partial charge on any atom is -0.463 e. The molecule has 2 aliphatic carbocycles. The van der Waals surface area contributed by atoms with Crippen LogP contribution >= 0.6 is 0 Å². The van der Waals surface area contributed by atoms with Crippen molar-refractivity contribution in [2.75, 3.05) is 19.8 Å². The molecule has 2 saturated carbocycles. The number of hydrogen-bond acceptors (Lipinski definition) is 22. The number of aliphatic hydroxyl groups excluding tert-OH is 2. The molecule has 0 aromatic heterocycles. The summed E-state index contributed by atoms with van der Waals surface area (Å²) in [5.74, 6) is -8.61. The second-order valence-corrected chi connectivity index (χ2v) is 15.9. The molecule has 0 amide bonds. The molecule has 0 aromatic rings. The van der Waals surface area contributed by atoms with Crippen molar-refractivity contribution in [2.45, 2.75) is 163 Å². The van der Waals surface area contributed by atoms with Gasteiger partial charge in [0.2, 0.25) is 5.79 Å². The maximum absolute atomic E-state index is 12.6. The highest BCUT2D eigenvalue weighted by Gasteiger charge is 3.29. The average Bonchev–Trinajstić information content (AvgIpc) is 3.71. The number of hydrogen-bond donors (Lipinski definition) is 3. The third-order valence-electron chi connectivity index (χ3n) is 12.6. The van der Waals surface area contributed by atoms with E-state index in [2.05, 4.69) is 0 Å².